The number of H-pyrrole nitrogens is 1. The normalized spacial score (nSPS) is 10.0. The van der Waals surface area contributed by atoms with Gasteiger partial charge in [0.15, 0.2) is 0 Å². The number of nitrogens with one attached hydrogen (secondary N) is 2. The number of rotatable bonds is 3. The average Bonchev–Trinajstić information content (AvgIpc) is 2.32. The summed E-state index contributed by atoms with van der Waals surface area (Å²) in [6.07, 6.45) is 4.40. The van der Waals surface area contributed by atoms with Gasteiger partial charge in [-0.15, -0.1) is 0 Å². The number of nitrogens with zero attached hydrogens (tertiary/aromatic N) is 3. The van der Waals surface area contributed by atoms with E-state index in [1.807, 2.05) is 0 Å². The zero-order valence-electron chi connectivity index (χ0n) is 8.34. The summed E-state index contributed by atoms with van der Waals surface area (Å²) in [5, 5.41) is 2.92. The van der Waals surface area contributed by atoms with Gasteiger partial charge in [-0.3, -0.25) is 9.78 Å². The number of nitrogens with two attached hydrogens (primary N) is 1. The van der Waals surface area contributed by atoms with E-state index in [2.05, 4.69) is 25.3 Å². The van der Waals surface area contributed by atoms with Crippen molar-refractivity contribution in [2.75, 3.05) is 11.1 Å². The van der Waals surface area contributed by atoms with Gasteiger partial charge in [0.1, 0.15) is 12.0 Å². The van der Waals surface area contributed by atoms with E-state index in [1.165, 1.54) is 12.5 Å². The van der Waals surface area contributed by atoms with Crippen LogP contribution < -0.4 is 16.6 Å². The van der Waals surface area contributed by atoms with Gasteiger partial charge in [0, 0.05) is 6.20 Å². The van der Waals surface area contributed by atoms with Gasteiger partial charge >= 0.3 is 0 Å². The highest BCUT2D eigenvalue weighted by Crippen LogP contribution is 1.98. The summed E-state index contributed by atoms with van der Waals surface area (Å²) in [5.74, 6) is 0.359. The van der Waals surface area contributed by atoms with E-state index in [-0.39, 0.29) is 11.2 Å². The van der Waals surface area contributed by atoms with Crippen molar-refractivity contribution in [3.8, 4) is 0 Å². The number of hydrogen-bond acceptors (Lipinski definition) is 6. The van der Waals surface area contributed by atoms with E-state index in [0.717, 1.165) is 5.69 Å². The molecule has 0 aromatic carbocycles. The third-order valence-electron chi connectivity index (χ3n) is 1.91. The molecule has 4 N–H and O–H groups in total. The average molecular weight is 218 g/mol. The van der Waals surface area contributed by atoms with Gasteiger partial charge in [0.25, 0.3) is 5.56 Å². The first-order valence-electron chi connectivity index (χ1n) is 4.59. The quantitative estimate of drug-likeness (QED) is 0.655. The Morgan fingerprint density at radius 3 is 3.00 bits per heavy atom. The van der Waals surface area contributed by atoms with E-state index < -0.39 is 0 Å². The van der Waals surface area contributed by atoms with E-state index in [4.69, 9.17) is 5.73 Å². The van der Waals surface area contributed by atoms with Gasteiger partial charge < -0.3 is 11.1 Å². The van der Waals surface area contributed by atoms with Crippen LogP contribution in [0.3, 0.4) is 0 Å². The molecule has 0 bridgehead atoms. The number of aromatic amines is 1. The lowest BCUT2D eigenvalue weighted by Gasteiger charge is -2.03. The van der Waals surface area contributed by atoms with Crippen molar-refractivity contribution in [2.24, 2.45) is 0 Å². The third-order valence-corrected chi connectivity index (χ3v) is 1.91. The SMILES string of the molecule is Nc1cnc(NCc2ccncn2)[nH]c1=O. The number of nitrogen functional groups attached to an aromatic ring is 1. The first-order valence-corrected chi connectivity index (χ1v) is 4.59. The Hall–Kier alpha value is -2.44. The monoisotopic (exact) mass is 218 g/mol. The highest BCUT2D eigenvalue weighted by atomic mass is 16.1. The molecule has 2 aromatic rings. The molecular weight excluding hydrogens is 208 g/mol. The molecule has 0 aliphatic rings. The topological polar surface area (TPSA) is 110 Å². The van der Waals surface area contributed by atoms with E-state index >= 15 is 0 Å². The molecule has 82 valence electrons. The lowest BCUT2D eigenvalue weighted by Crippen LogP contribution is -2.15. The second-order valence-electron chi connectivity index (χ2n) is 3.07. The second-order valence-corrected chi connectivity index (χ2v) is 3.07. The first kappa shape index (κ1) is 10.1. The van der Waals surface area contributed by atoms with Crippen molar-refractivity contribution < 1.29 is 0 Å². The largest absolute Gasteiger partial charge is 0.393 e. The van der Waals surface area contributed by atoms with Crippen LogP contribution in [0, 0.1) is 0 Å². The van der Waals surface area contributed by atoms with Crippen molar-refractivity contribution in [3.05, 3.63) is 40.8 Å². The number of hydrogen-bond donors (Lipinski definition) is 3. The van der Waals surface area contributed by atoms with Gasteiger partial charge in [-0.1, -0.05) is 0 Å². The minimum atomic E-state index is -0.361. The molecule has 16 heavy (non-hydrogen) atoms. The molecule has 2 rings (SSSR count). The maximum atomic E-state index is 11.2. The Labute approximate surface area is 90.8 Å². The van der Waals surface area contributed by atoms with Gasteiger partial charge in [-0.25, -0.2) is 15.0 Å². The Kier molecular flexibility index (Phi) is 2.77. The minimum absolute atomic E-state index is 0.0904. The van der Waals surface area contributed by atoms with Crippen LogP contribution in [0.4, 0.5) is 11.6 Å². The van der Waals surface area contributed by atoms with E-state index in [0.29, 0.717) is 12.5 Å². The molecule has 0 spiro atoms. The summed E-state index contributed by atoms with van der Waals surface area (Å²) < 4.78 is 0. The van der Waals surface area contributed by atoms with Crippen LogP contribution in [0.25, 0.3) is 0 Å². The molecule has 0 aliphatic carbocycles. The molecule has 0 unspecified atom stereocenters. The van der Waals surface area contributed by atoms with Crippen molar-refractivity contribution in [2.45, 2.75) is 6.54 Å². The lowest BCUT2D eigenvalue weighted by atomic mass is 10.4. The van der Waals surface area contributed by atoms with Crippen molar-refractivity contribution in [1.82, 2.24) is 19.9 Å². The van der Waals surface area contributed by atoms with Crippen LogP contribution in [-0.2, 0) is 6.54 Å². The van der Waals surface area contributed by atoms with Crippen LogP contribution in [0.15, 0.2) is 29.6 Å². The first-order chi connectivity index (χ1) is 7.75. The summed E-state index contributed by atoms with van der Waals surface area (Å²) in [6.45, 7) is 0.454. The molecule has 7 nitrogen and oxygen atoms in total. The molecule has 2 aromatic heterocycles. The molecule has 7 heteroatoms. The molecule has 0 saturated heterocycles. The summed E-state index contributed by atoms with van der Waals surface area (Å²) in [4.78, 5) is 25.4. The fourth-order valence-corrected chi connectivity index (χ4v) is 1.09. The van der Waals surface area contributed by atoms with Gasteiger partial charge in [0.05, 0.1) is 18.4 Å². The fourth-order valence-electron chi connectivity index (χ4n) is 1.09. The summed E-state index contributed by atoms with van der Waals surface area (Å²) in [6, 6.07) is 1.77. The van der Waals surface area contributed by atoms with E-state index in [9.17, 15) is 4.79 Å². The zero-order chi connectivity index (χ0) is 11.4. The molecule has 0 radical (unpaired) electrons. The molecule has 0 atom stereocenters. The molecule has 0 fully saturated rings. The highest BCUT2D eigenvalue weighted by molar-refractivity contribution is 5.36. The third kappa shape index (κ3) is 2.32. The molecular formula is C9H10N6O. The number of aromatic nitrogens is 4. The summed E-state index contributed by atoms with van der Waals surface area (Å²) in [7, 11) is 0. The van der Waals surface area contributed by atoms with Crippen LogP contribution in [0.2, 0.25) is 0 Å². The minimum Gasteiger partial charge on any atom is -0.393 e. The maximum absolute atomic E-state index is 11.2. The van der Waals surface area contributed by atoms with Crippen LogP contribution in [-0.4, -0.2) is 19.9 Å². The standard InChI is InChI=1S/C9H10N6O/c10-7-4-13-9(15-8(7)16)12-3-6-1-2-11-5-14-6/h1-2,4-5H,3,10H2,(H2,12,13,15,16). The Bertz CT molecular complexity index is 523. The molecule has 0 amide bonds. The molecule has 0 aliphatic heterocycles. The van der Waals surface area contributed by atoms with Crippen LogP contribution in [0.1, 0.15) is 5.69 Å². The van der Waals surface area contributed by atoms with Gasteiger partial charge in [-0.05, 0) is 6.07 Å². The van der Waals surface area contributed by atoms with Gasteiger partial charge in [-0.2, -0.15) is 0 Å². The Balaban J connectivity index is 2.05. The second kappa shape index (κ2) is 4.39. The van der Waals surface area contributed by atoms with Crippen molar-refractivity contribution in [3.63, 3.8) is 0 Å². The molecule has 0 saturated carbocycles. The lowest BCUT2D eigenvalue weighted by molar-refractivity contribution is 0.973. The summed E-state index contributed by atoms with van der Waals surface area (Å²) in [5.41, 5.74) is 5.87. The zero-order valence-corrected chi connectivity index (χ0v) is 8.34. The van der Waals surface area contributed by atoms with E-state index in [1.54, 1.807) is 12.3 Å². The van der Waals surface area contributed by atoms with Gasteiger partial charge in [0.2, 0.25) is 5.95 Å². The Morgan fingerprint density at radius 2 is 2.31 bits per heavy atom. The highest BCUT2D eigenvalue weighted by Gasteiger charge is 1.98. The smallest absolute Gasteiger partial charge is 0.275 e. The summed E-state index contributed by atoms with van der Waals surface area (Å²) >= 11 is 0. The van der Waals surface area contributed by atoms with Crippen LogP contribution >= 0.6 is 0 Å². The fraction of sp³-hybridized carbons (Fsp3) is 0.111. The predicted octanol–water partition coefficient (Wildman–Crippen LogP) is -0.246. The van der Waals surface area contributed by atoms with Crippen molar-refractivity contribution in [1.29, 1.82) is 0 Å². The van der Waals surface area contributed by atoms with Crippen molar-refractivity contribution >= 4 is 11.6 Å². The van der Waals surface area contributed by atoms with Crippen LogP contribution in [0.5, 0.6) is 0 Å². The number of anilines is 2. The predicted molar refractivity (Wildman–Crippen MR) is 58.6 cm³/mol. The maximum Gasteiger partial charge on any atom is 0.275 e. The Morgan fingerprint density at radius 1 is 1.44 bits per heavy atom. The molecule has 2 heterocycles.